The zero-order valence-electron chi connectivity index (χ0n) is 13.9. The zero-order valence-corrected chi connectivity index (χ0v) is 14.7. The lowest BCUT2D eigenvalue weighted by Crippen LogP contribution is -2.28. The standard InChI is InChI=1S/C18H19N3O3S/c1-24-14-6-4-13(5-7-14)21-9-12(8-16(21)22)17(23)20-18-19-15(10-25-18)11-2-3-11/h4-7,10-12H,2-3,8-9H2,1H3,(H,19,20,23)/t12-/m0/s1. The van der Waals surface area contributed by atoms with E-state index >= 15 is 0 Å². The van der Waals surface area contributed by atoms with E-state index in [4.69, 9.17) is 4.74 Å². The van der Waals surface area contributed by atoms with Crippen molar-refractivity contribution in [2.24, 2.45) is 5.92 Å². The van der Waals surface area contributed by atoms with Gasteiger partial charge >= 0.3 is 0 Å². The first kappa shape index (κ1) is 16.1. The van der Waals surface area contributed by atoms with Crippen LogP contribution in [-0.4, -0.2) is 30.5 Å². The van der Waals surface area contributed by atoms with Crippen molar-refractivity contribution >= 4 is 34.0 Å². The highest BCUT2D eigenvalue weighted by atomic mass is 32.1. The van der Waals surface area contributed by atoms with E-state index in [0.29, 0.717) is 17.6 Å². The van der Waals surface area contributed by atoms with Gasteiger partial charge in [0, 0.05) is 30.0 Å². The summed E-state index contributed by atoms with van der Waals surface area (Å²) in [6, 6.07) is 7.29. The minimum absolute atomic E-state index is 0.0388. The first-order valence-corrected chi connectivity index (χ1v) is 9.22. The van der Waals surface area contributed by atoms with Crippen LogP contribution < -0.4 is 15.0 Å². The van der Waals surface area contributed by atoms with Crippen molar-refractivity contribution in [3.63, 3.8) is 0 Å². The van der Waals surface area contributed by atoms with E-state index in [2.05, 4.69) is 10.3 Å². The number of aromatic nitrogens is 1. The number of hydrogen-bond acceptors (Lipinski definition) is 5. The van der Waals surface area contributed by atoms with E-state index in [1.165, 1.54) is 24.2 Å². The van der Waals surface area contributed by atoms with Gasteiger partial charge in [-0.1, -0.05) is 0 Å². The summed E-state index contributed by atoms with van der Waals surface area (Å²) in [5, 5.41) is 5.51. The normalized spacial score (nSPS) is 20.0. The summed E-state index contributed by atoms with van der Waals surface area (Å²) >= 11 is 1.45. The lowest BCUT2D eigenvalue weighted by atomic mass is 10.1. The molecular weight excluding hydrogens is 338 g/mol. The highest BCUT2D eigenvalue weighted by Gasteiger charge is 2.35. The van der Waals surface area contributed by atoms with Crippen molar-refractivity contribution in [3.05, 3.63) is 35.3 Å². The van der Waals surface area contributed by atoms with Gasteiger partial charge in [0.05, 0.1) is 18.7 Å². The average Bonchev–Trinajstić information content (AvgIpc) is 3.25. The quantitative estimate of drug-likeness (QED) is 0.893. The van der Waals surface area contributed by atoms with E-state index < -0.39 is 0 Å². The zero-order chi connectivity index (χ0) is 17.4. The maximum absolute atomic E-state index is 12.5. The molecule has 6 nitrogen and oxygen atoms in total. The van der Waals surface area contributed by atoms with Crippen LogP contribution >= 0.6 is 11.3 Å². The fraction of sp³-hybridized carbons (Fsp3) is 0.389. The molecule has 1 N–H and O–H groups in total. The van der Waals surface area contributed by atoms with Gasteiger partial charge in [0.2, 0.25) is 11.8 Å². The maximum Gasteiger partial charge on any atom is 0.231 e. The molecule has 0 radical (unpaired) electrons. The summed E-state index contributed by atoms with van der Waals surface area (Å²) in [7, 11) is 1.60. The number of nitrogens with zero attached hydrogens (tertiary/aromatic N) is 2. The number of anilines is 2. The topological polar surface area (TPSA) is 71.5 Å². The number of carbonyl (C=O) groups is 2. The number of amides is 2. The predicted molar refractivity (Wildman–Crippen MR) is 96.2 cm³/mol. The van der Waals surface area contributed by atoms with Crippen LogP contribution in [0.25, 0.3) is 0 Å². The molecule has 1 aliphatic carbocycles. The van der Waals surface area contributed by atoms with Crippen LogP contribution in [0.1, 0.15) is 30.9 Å². The molecule has 0 spiro atoms. The van der Waals surface area contributed by atoms with Crippen molar-refractivity contribution < 1.29 is 14.3 Å². The second kappa shape index (κ2) is 6.48. The van der Waals surface area contributed by atoms with Crippen molar-refractivity contribution in [1.82, 2.24) is 4.98 Å². The van der Waals surface area contributed by atoms with Gasteiger partial charge in [0.25, 0.3) is 0 Å². The number of nitrogens with one attached hydrogen (secondary N) is 1. The lowest BCUT2D eigenvalue weighted by molar-refractivity contribution is -0.122. The Bertz CT molecular complexity index is 798. The van der Waals surface area contributed by atoms with E-state index in [9.17, 15) is 9.59 Å². The molecule has 1 atom stereocenters. The van der Waals surface area contributed by atoms with Crippen molar-refractivity contribution in [2.45, 2.75) is 25.2 Å². The number of carbonyl (C=O) groups excluding carboxylic acids is 2. The summed E-state index contributed by atoms with van der Waals surface area (Å²) in [5.74, 6) is 0.771. The Morgan fingerprint density at radius 2 is 2.08 bits per heavy atom. The highest BCUT2D eigenvalue weighted by Crippen LogP contribution is 2.41. The predicted octanol–water partition coefficient (Wildman–Crippen LogP) is 3.02. The monoisotopic (exact) mass is 357 g/mol. The third kappa shape index (κ3) is 3.37. The number of rotatable bonds is 5. The SMILES string of the molecule is COc1ccc(N2C[C@@H](C(=O)Nc3nc(C4CC4)cs3)CC2=O)cc1. The number of methoxy groups -OCH3 is 1. The van der Waals surface area contributed by atoms with Crippen LogP contribution in [0.2, 0.25) is 0 Å². The molecule has 1 saturated carbocycles. The van der Waals surface area contributed by atoms with Crippen molar-refractivity contribution in [2.75, 3.05) is 23.9 Å². The molecule has 1 saturated heterocycles. The third-order valence-electron chi connectivity index (χ3n) is 4.63. The Morgan fingerprint density at radius 1 is 1.32 bits per heavy atom. The summed E-state index contributed by atoms with van der Waals surface area (Å²) in [5.41, 5.74) is 1.86. The molecule has 4 rings (SSSR count). The van der Waals surface area contributed by atoms with Gasteiger partial charge in [0.15, 0.2) is 5.13 Å². The van der Waals surface area contributed by atoms with Crippen LogP contribution in [0.5, 0.6) is 5.75 Å². The smallest absolute Gasteiger partial charge is 0.231 e. The molecule has 2 amide bonds. The molecule has 2 aromatic rings. The van der Waals surface area contributed by atoms with Gasteiger partial charge < -0.3 is 15.0 Å². The van der Waals surface area contributed by atoms with Crippen LogP contribution in [0, 0.1) is 5.92 Å². The molecule has 2 aliphatic rings. The van der Waals surface area contributed by atoms with E-state index in [1.807, 2.05) is 29.6 Å². The minimum Gasteiger partial charge on any atom is -0.497 e. The number of hydrogen-bond donors (Lipinski definition) is 1. The molecule has 2 fully saturated rings. The van der Waals surface area contributed by atoms with Gasteiger partial charge in [-0.05, 0) is 37.1 Å². The van der Waals surface area contributed by atoms with Crippen LogP contribution in [0.15, 0.2) is 29.6 Å². The molecule has 1 aromatic heterocycles. The molecule has 130 valence electrons. The fourth-order valence-electron chi connectivity index (χ4n) is 3.01. The molecule has 0 bridgehead atoms. The lowest BCUT2D eigenvalue weighted by Gasteiger charge is -2.16. The van der Waals surface area contributed by atoms with Gasteiger partial charge in [-0.25, -0.2) is 4.98 Å². The summed E-state index contributed by atoms with van der Waals surface area (Å²) in [6.07, 6.45) is 2.59. The highest BCUT2D eigenvalue weighted by molar-refractivity contribution is 7.13. The Kier molecular flexibility index (Phi) is 4.17. The number of thiazole rings is 1. The maximum atomic E-state index is 12.5. The summed E-state index contributed by atoms with van der Waals surface area (Å²) in [4.78, 5) is 30.9. The largest absolute Gasteiger partial charge is 0.497 e. The molecular formula is C18H19N3O3S. The van der Waals surface area contributed by atoms with Crippen LogP contribution in [0.4, 0.5) is 10.8 Å². The second-order valence-corrected chi connectivity index (χ2v) is 7.30. The molecule has 25 heavy (non-hydrogen) atoms. The fourth-order valence-corrected chi connectivity index (χ4v) is 3.81. The summed E-state index contributed by atoms with van der Waals surface area (Å²) < 4.78 is 5.13. The Morgan fingerprint density at radius 3 is 2.76 bits per heavy atom. The first-order valence-electron chi connectivity index (χ1n) is 8.35. The molecule has 1 aliphatic heterocycles. The Labute approximate surface area is 149 Å². The number of benzene rings is 1. The van der Waals surface area contributed by atoms with Gasteiger partial charge in [-0.15, -0.1) is 11.3 Å². The molecule has 0 unspecified atom stereocenters. The second-order valence-electron chi connectivity index (χ2n) is 6.44. The molecule has 1 aromatic carbocycles. The van der Waals surface area contributed by atoms with E-state index in [0.717, 1.165) is 17.1 Å². The third-order valence-corrected chi connectivity index (χ3v) is 5.40. The number of ether oxygens (including phenoxy) is 1. The Balaban J connectivity index is 1.40. The molecule has 7 heteroatoms. The van der Waals surface area contributed by atoms with Gasteiger partial charge in [-0.2, -0.15) is 0 Å². The van der Waals surface area contributed by atoms with Crippen LogP contribution in [-0.2, 0) is 9.59 Å². The van der Waals surface area contributed by atoms with E-state index in [-0.39, 0.29) is 24.2 Å². The van der Waals surface area contributed by atoms with Crippen molar-refractivity contribution in [1.29, 1.82) is 0 Å². The van der Waals surface area contributed by atoms with E-state index in [1.54, 1.807) is 12.0 Å². The van der Waals surface area contributed by atoms with Gasteiger partial charge in [-0.3, -0.25) is 9.59 Å². The van der Waals surface area contributed by atoms with Crippen molar-refractivity contribution in [3.8, 4) is 5.75 Å². The average molecular weight is 357 g/mol. The Hall–Kier alpha value is -2.41. The van der Waals surface area contributed by atoms with Gasteiger partial charge in [0.1, 0.15) is 5.75 Å². The van der Waals surface area contributed by atoms with Crippen LogP contribution in [0.3, 0.4) is 0 Å². The minimum atomic E-state index is -0.358. The first-order chi connectivity index (χ1) is 12.1. The molecule has 2 heterocycles. The summed E-state index contributed by atoms with van der Waals surface area (Å²) in [6.45, 7) is 0.387.